The topological polar surface area (TPSA) is 42.0 Å². The van der Waals surface area contributed by atoms with Gasteiger partial charge in [-0.2, -0.15) is 0 Å². The highest BCUT2D eigenvalue weighted by Crippen LogP contribution is 2.08. The van der Waals surface area contributed by atoms with Crippen LogP contribution in [0.5, 0.6) is 0 Å². The van der Waals surface area contributed by atoms with E-state index in [-0.39, 0.29) is 17.8 Å². The number of nitrogens with one attached hydrogen (secondary N) is 1. The number of aromatic nitrogens is 1. The van der Waals surface area contributed by atoms with Crippen LogP contribution in [0.25, 0.3) is 0 Å². The molecule has 0 aromatic carbocycles. The number of amides is 1. The van der Waals surface area contributed by atoms with Gasteiger partial charge in [0.15, 0.2) is 0 Å². The van der Waals surface area contributed by atoms with Crippen LogP contribution in [-0.2, 0) is 4.79 Å². The number of carbonyl (C=O) groups excluding carboxylic acids is 1. The van der Waals surface area contributed by atoms with Gasteiger partial charge in [0.25, 0.3) is 0 Å². The molecule has 14 heavy (non-hydrogen) atoms. The average Bonchev–Trinajstić information content (AvgIpc) is 2.18. The van der Waals surface area contributed by atoms with E-state index in [4.69, 9.17) is 11.6 Å². The van der Waals surface area contributed by atoms with Crippen LogP contribution in [0.1, 0.15) is 18.7 Å². The lowest BCUT2D eigenvalue weighted by Gasteiger charge is -2.11. The van der Waals surface area contributed by atoms with Crippen molar-refractivity contribution in [2.24, 2.45) is 0 Å². The SMILES string of the molecule is C[C@H](NC(=O)CCl)c1ccc(F)cn1. The van der Waals surface area contributed by atoms with Crippen LogP contribution in [0.4, 0.5) is 4.39 Å². The maximum Gasteiger partial charge on any atom is 0.235 e. The number of rotatable bonds is 3. The predicted molar refractivity (Wildman–Crippen MR) is 51.5 cm³/mol. The predicted octanol–water partition coefficient (Wildman–Crippen LogP) is 1.64. The minimum atomic E-state index is -0.399. The summed E-state index contributed by atoms with van der Waals surface area (Å²) in [6.45, 7) is 1.75. The van der Waals surface area contributed by atoms with E-state index in [1.807, 2.05) is 0 Å². The Kier molecular flexibility index (Phi) is 3.83. The Balaban J connectivity index is 2.65. The van der Waals surface area contributed by atoms with Crippen molar-refractivity contribution < 1.29 is 9.18 Å². The highest BCUT2D eigenvalue weighted by atomic mass is 35.5. The molecule has 0 unspecified atom stereocenters. The zero-order chi connectivity index (χ0) is 10.6. The molecular formula is C9H10ClFN2O. The number of nitrogens with zero attached hydrogens (tertiary/aromatic N) is 1. The molecule has 1 N–H and O–H groups in total. The minimum absolute atomic E-state index is 0.0917. The van der Waals surface area contributed by atoms with Gasteiger partial charge in [-0.3, -0.25) is 9.78 Å². The molecule has 76 valence electrons. The van der Waals surface area contributed by atoms with Crippen LogP contribution in [0.2, 0.25) is 0 Å². The van der Waals surface area contributed by atoms with Crippen molar-refractivity contribution in [3.8, 4) is 0 Å². The molecule has 1 aromatic rings. The summed E-state index contributed by atoms with van der Waals surface area (Å²) >= 11 is 5.32. The van der Waals surface area contributed by atoms with Gasteiger partial charge >= 0.3 is 0 Å². The molecule has 0 spiro atoms. The van der Waals surface area contributed by atoms with Crippen LogP contribution in [-0.4, -0.2) is 16.8 Å². The van der Waals surface area contributed by atoms with E-state index < -0.39 is 5.82 Å². The second-order valence-electron chi connectivity index (χ2n) is 2.82. The van der Waals surface area contributed by atoms with Gasteiger partial charge in [-0.25, -0.2) is 4.39 Å². The molecule has 0 fully saturated rings. The quantitative estimate of drug-likeness (QED) is 0.781. The third kappa shape index (κ3) is 2.96. The van der Waals surface area contributed by atoms with Crippen molar-refractivity contribution >= 4 is 17.5 Å². The summed E-state index contributed by atoms with van der Waals surface area (Å²) in [7, 11) is 0. The third-order valence-corrected chi connectivity index (χ3v) is 1.94. The maximum absolute atomic E-state index is 12.5. The zero-order valence-electron chi connectivity index (χ0n) is 7.63. The lowest BCUT2D eigenvalue weighted by molar-refractivity contribution is -0.119. The molecule has 1 rings (SSSR count). The maximum atomic E-state index is 12.5. The van der Waals surface area contributed by atoms with Crippen LogP contribution >= 0.6 is 11.6 Å². The summed E-state index contributed by atoms with van der Waals surface area (Å²) in [6, 6.07) is 2.56. The first-order chi connectivity index (χ1) is 6.63. The van der Waals surface area contributed by atoms with Crippen molar-refractivity contribution in [3.63, 3.8) is 0 Å². The smallest absolute Gasteiger partial charge is 0.235 e. The molecule has 1 amide bonds. The van der Waals surface area contributed by atoms with Gasteiger partial charge in [0.2, 0.25) is 5.91 Å². The van der Waals surface area contributed by atoms with Crippen LogP contribution in [0.15, 0.2) is 18.3 Å². The normalized spacial score (nSPS) is 12.2. The standard InChI is InChI=1S/C9H10ClFN2O/c1-6(13-9(14)4-10)8-3-2-7(11)5-12-8/h2-3,5-6H,4H2,1H3,(H,13,14)/t6-/m0/s1. The van der Waals surface area contributed by atoms with Crippen molar-refractivity contribution in [1.29, 1.82) is 0 Å². The minimum Gasteiger partial charge on any atom is -0.347 e. The zero-order valence-corrected chi connectivity index (χ0v) is 8.38. The van der Waals surface area contributed by atoms with E-state index in [1.54, 1.807) is 6.92 Å². The summed E-state index contributed by atoms with van der Waals surface area (Å²) in [5.74, 6) is -0.763. The van der Waals surface area contributed by atoms with Crippen molar-refractivity contribution in [2.45, 2.75) is 13.0 Å². The molecular weight excluding hydrogens is 207 g/mol. The lowest BCUT2D eigenvalue weighted by atomic mass is 10.2. The number of pyridine rings is 1. The van der Waals surface area contributed by atoms with E-state index >= 15 is 0 Å². The van der Waals surface area contributed by atoms with E-state index in [2.05, 4.69) is 10.3 Å². The summed E-state index contributed by atoms with van der Waals surface area (Å²) in [5.41, 5.74) is 0.602. The molecule has 5 heteroatoms. The lowest BCUT2D eigenvalue weighted by Crippen LogP contribution is -2.28. The Morgan fingerprint density at radius 1 is 1.71 bits per heavy atom. The molecule has 0 aliphatic heterocycles. The van der Waals surface area contributed by atoms with Gasteiger partial charge in [-0.1, -0.05) is 0 Å². The Labute approximate surface area is 86.3 Å². The fourth-order valence-corrected chi connectivity index (χ4v) is 1.07. The molecule has 0 aliphatic carbocycles. The average molecular weight is 217 g/mol. The van der Waals surface area contributed by atoms with Gasteiger partial charge in [-0.05, 0) is 19.1 Å². The van der Waals surface area contributed by atoms with Gasteiger partial charge < -0.3 is 5.32 Å². The van der Waals surface area contributed by atoms with Gasteiger partial charge in [-0.15, -0.1) is 11.6 Å². The highest BCUT2D eigenvalue weighted by Gasteiger charge is 2.09. The van der Waals surface area contributed by atoms with Crippen molar-refractivity contribution in [3.05, 3.63) is 29.8 Å². The molecule has 3 nitrogen and oxygen atoms in total. The van der Waals surface area contributed by atoms with E-state index in [1.165, 1.54) is 12.1 Å². The van der Waals surface area contributed by atoms with Crippen molar-refractivity contribution in [2.75, 3.05) is 5.88 Å². The Bertz CT molecular complexity index is 315. The Morgan fingerprint density at radius 3 is 2.93 bits per heavy atom. The summed E-state index contributed by atoms with van der Waals surface area (Å²) in [6.07, 6.45) is 1.11. The molecule has 0 radical (unpaired) electrons. The van der Waals surface area contributed by atoms with Crippen LogP contribution in [0.3, 0.4) is 0 Å². The number of alkyl halides is 1. The molecule has 1 heterocycles. The second kappa shape index (κ2) is 4.91. The fraction of sp³-hybridized carbons (Fsp3) is 0.333. The van der Waals surface area contributed by atoms with Crippen LogP contribution in [0, 0.1) is 5.82 Å². The number of hydrogen-bond donors (Lipinski definition) is 1. The highest BCUT2D eigenvalue weighted by molar-refractivity contribution is 6.27. The second-order valence-corrected chi connectivity index (χ2v) is 3.09. The van der Waals surface area contributed by atoms with Gasteiger partial charge in [0.05, 0.1) is 17.9 Å². The van der Waals surface area contributed by atoms with E-state index in [9.17, 15) is 9.18 Å². The summed E-state index contributed by atoms with van der Waals surface area (Å²) in [4.78, 5) is 14.8. The number of carbonyl (C=O) groups is 1. The van der Waals surface area contributed by atoms with E-state index in [0.29, 0.717) is 5.69 Å². The molecule has 1 aromatic heterocycles. The monoisotopic (exact) mass is 216 g/mol. The first kappa shape index (κ1) is 10.9. The third-order valence-electron chi connectivity index (χ3n) is 1.69. The van der Waals surface area contributed by atoms with Crippen LogP contribution < -0.4 is 5.32 Å². The van der Waals surface area contributed by atoms with Gasteiger partial charge in [0, 0.05) is 0 Å². The fourth-order valence-electron chi connectivity index (χ4n) is 0.997. The van der Waals surface area contributed by atoms with Gasteiger partial charge in [0.1, 0.15) is 11.7 Å². The molecule has 0 bridgehead atoms. The largest absolute Gasteiger partial charge is 0.347 e. The summed E-state index contributed by atoms with van der Waals surface area (Å²) in [5, 5.41) is 2.61. The van der Waals surface area contributed by atoms with E-state index in [0.717, 1.165) is 6.20 Å². The number of hydrogen-bond acceptors (Lipinski definition) is 2. The molecule has 0 aliphatic rings. The molecule has 1 atom stereocenters. The molecule has 0 saturated carbocycles. The first-order valence-electron chi connectivity index (χ1n) is 4.10. The Morgan fingerprint density at radius 2 is 2.43 bits per heavy atom. The first-order valence-corrected chi connectivity index (χ1v) is 4.63. The number of halogens is 2. The molecule has 0 saturated heterocycles. The Hall–Kier alpha value is -1.16. The summed E-state index contributed by atoms with van der Waals surface area (Å²) < 4.78 is 12.5. The van der Waals surface area contributed by atoms with Crippen molar-refractivity contribution in [1.82, 2.24) is 10.3 Å².